The van der Waals surface area contributed by atoms with Crippen molar-refractivity contribution in [2.45, 2.75) is 141 Å². The summed E-state index contributed by atoms with van der Waals surface area (Å²) in [6.45, 7) is 25.2. The Morgan fingerprint density at radius 1 is 0.463 bits per heavy atom. The van der Waals surface area contributed by atoms with Gasteiger partial charge in [-0.15, -0.1) is 11.6 Å². The molecule has 0 bridgehead atoms. The fraction of sp³-hybridized carbons (Fsp3) is 0.541. The molecule has 4 aliphatic heterocycles. The molecule has 4 saturated heterocycles. The number of nitrogens with zero attached hydrogens (tertiary/aromatic N) is 11. The highest BCUT2D eigenvalue weighted by Crippen LogP contribution is 2.36. The van der Waals surface area contributed by atoms with E-state index in [4.69, 9.17) is 40.0 Å². The van der Waals surface area contributed by atoms with Gasteiger partial charge in [-0.1, -0.05) is 24.3 Å². The molecule has 2 aromatic carbocycles. The van der Waals surface area contributed by atoms with Crippen LogP contribution < -0.4 is 14.8 Å². The number of carbonyl (C=O) groups is 2. The molecule has 508 valence electrons. The smallest absolute Gasteiger partial charge is 0.410 e. The quantitative estimate of drug-likeness (QED) is 0.0957. The second kappa shape index (κ2) is 30.5. The molecule has 95 heavy (non-hydrogen) atoms. The summed E-state index contributed by atoms with van der Waals surface area (Å²) in [5, 5.41) is 8.17. The monoisotopic (exact) mass is 1320 g/mol. The predicted octanol–water partition coefficient (Wildman–Crippen LogP) is 12.0. The first kappa shape index (κ1) is 67.8. The number of alkyl halides is 1. The van der Waals surface area contributed by atoms with Gasteiger partial charge in [-0.2, -0.15) is 0 Å². The second-order valence-electron chi connectivity index (χ2n) is 28.4. The number of halogens is 1. The molecule has 6 fully saturated rings. The van der Waals surface area contributed by atoms with E-state index in [-0.39, 0.29) is 30.5 Å². The predicted molar refractivity (Wildman–Crippen MR) is 375 cm³/mol. The summed E-state index contributed by atoms with van der Waals surface area (Å²) in [6, 6.07) is 25.4. The number of piperidine rings is 2. The Kier molecular flexibility index (Phi) is 21.8. The van der Waals surface area contributed by atoms with Crippen molar-refractivity contribution in [2.24, 2.45) is 14.1 Å². The average molecular weight is 1320 g/mol. The number of hydrogen-bond acceptors (Lipinski definition) is 16. The summed E-state index contributed by atoms with van der Waals surface area (Å²) in [5.74, 6) is 2.01. The van der Waals surface area contributed by atoms with Crippen LogP contribution in [0.4, 0.5) is 9.59 Å². The molecular formula is C74H97ClN12O8. The van der Waals surface area contributed by atoms with Crippen molar-refractivity contribution < 1.29 is 38.0 Å². The van der Waals surface area contributed by atoms with Gasteiger partial charge >= 0.3 is 12.2 Å². The Morgan fingerprint density at radius 2 is 0.874 bits per heavy atom. The number of ether oxygens (including phenoxy) is 6. The second-order valence-corrected chi connectivity index (χ2v) is 28.8. The van der Waals surface area contributed by atoms with Crippen LogP contribution in [0.25, 0.3) is 65.9 Å². The first-order chi connectivity index (χ1) is 45.8. The number of piperazine rings is 2. The number of aryl methyl sites for hydroxylation is 2. The van der Waals surface area contributed by atoms with Gasteiger partial charge in [-0.05, 0) is 128 Å². The van der Waals surface area contributed by atoms with Crippen LogP contribution >= 0.6 is 11.6 Å². The summed E-state index contributed by atoms with van der Waals surface area (Å²) in [6.07, 6.45) is 20.9. The zero-order chi connectivity index (χ0) is 66.2. The first-order valence-electron chi connectivity index (χ1n) is 34.5. The third kappa shape index (κ3) is 17.5. The molecule has 2 amide bonds. The summed E-state index contributed by atoms with van der Waals surface area (Å²) >= 11 is 5.67. The van der Waals surface area contributed by atoms with Crippen LogP contribution in [-0.4, -0.2) is 218 Å². The van der Waals surface area contributed by atoms with Gasteiger partial charge in [0.2, 0.25) is 11.8 Å². The van der Waals surface area contributed by atoms with Gasteiger partial charge in [0.15, 0.2) is 0 Å². The lowest BCUT2D eigenvalue weighted by molar-refractivity contribution is -0.111. The molecule has 0 atom stereocenters. The van der Waals surface area contributed by atoms with Crippen LogP contribution in [0.3, 0.4) is 0 Å². The van der Waals surface area contributed by atoms with Crippen molar-refractivity contribution >= 4 is 67.4 Å². The van der Waals surface area contributed by atoms with Crippen molar-refractivity contribution in [3.05, 3.63) is 110 Å². The third-order valence-electron chi connectivity index (χ3n) is 19.2. The fourth-order valence-electron chi connectivity index (χ4n) is 13.6. The Bertz CT molecular complexity index is 3830. The van der Waals surface area contributed by atoms with Gasteiger partial charge in [-0.25, -0.2) is 19.6 Å². The highest BCUT2D eigenvalue weighted by Gasteiger charge is 2.36. The van der Waals surface area contributed by atoms with Crippen molar-refractivity contribution in [2.75, 3.05) is 104 Å². The van der Waals surface area contributed by atoms with Crippen LogP contribution in [-0.2, 0) is 33.0 Å². The van der Waals surface area contributed by atoms with E-state index in [0.717, 1.165) is 172 Å². The topological polar surface area (TPSA) is 179 Å². The number of likely N-dealkylation sites (tertiary alicyclic amines) is 1. The van der Waals surface area contributed by atoms with Crippen molar-refractivity contribution in [1.82, 2.24) is 58.9 Å². The zero-order valence-corrected chi connectivity index (χ0v) is 57.6. The van der Waals surface area contributed by atoms with Crippen LogP contribution in [0, 0.1) is 0 Å². The minimum Gasteiger partial charge on any atom is -0.474 e. The highest BCUT2D eigenvalue weighted by atomic mass is 35.5. The molecule has 1 N–H and O–H groups in total. The SMILES string of the molecule is CC(C)(C)OC(=O)N1CCN(CCCl)CC1.Cn1c2ccncc2c2ccc(-c3ccc(OC4CC(OC5CCN(CCN6CCN(C(=O)OC(C)(C)C)CC6)CC5)C4)nc3)cc21.Cn1c2ccncc2c2ccc(-c3ccc(OC4CC(OC5CCNCC5)C4)nc3)cc21. The molecule has 10 heterocycles. The number of nitrogens with one attached hydrogen (secondary N) is 1. The molecule has 6 aromatic heterocycles. The maximum atomic E-state index is 12.3. The molecule has 0 radical (unpaired) electrons. The molecule has 0 unspecified atom stereocenters. The number of hydrogen-bond donors (Lipinski definition) is 1. The maximum absolute atomic E-state index is 12.3. The molecule has 2 saturated carbocycles. The first-order valence-corrected chi connectivity index (χ1v) is 35.0. The largest absolute Gasteiger partial charge is 0.474 e. The Labute approximate surface area is 564 Å². The summed E-state index contributed by atoms with van der Waals surface area (Å²) in [7, 11) is 4.20. The van der Waals surface area contributed by atoms with Crippen molar-refractivity contribution in [1.29, 1.82) is 0 Å². The number of pyridine rings is 4. The normalized spacial score (nSPS) is 21.1. The maximum Gasteiger partial charge on any atom is 0.410 e. The molecule has 8 aromatic rings. The highest BCUT2D eigenvalue weighted by molar-refractivity contribution is 6.18. The lowest BCUT2D eigenvalue weighted by atomic mass is 9.91. The standard InChI is InChI=1S/C37H48N6O4.C26H28N4O2.C11H21ClN2O2/c1-37(2,3)47-36(44)43-19-17-42(18-20-43)16-15-41-13-10-28(11-14-41)45-29-22-30(23-29)46-35-8-6-27(24-39-35)26-5-7-31-32-25-38-12-9-33(32)40(4)34(31)21-26;1-30-24-8-11-28-16-23(24)22-4-2-17(12-25(22)30)18-3-5-26(29-15-18)32-21-13-20(14-21)31-19-6-9-27-10-7-19;1-11(2,3)16-10(15)14-8-6-13(5-4-12)7-9-14/h5-9,12,21,24-25,28-30H,10-11,13-20,22-23H2,1-4H3;2-5,8,11-12,15-16,19-21,27H,6-7,9-10,13-14H2,1H3;4-9H2,1-3H3. The lowest BCUT2D eigenvalue weighted by Gasteiger charge is -2.40. The van der Waals surface area contributed by atoms with Crippen molar-refractivity contribution in [3.63, 3.8) is 0 Å². The molecule has 20 nitrogen and oxygen atoms in total. The Hall–Kier alpha value is -7.17. The van der Waals surface area contributed by atoms with Crippen LogP contribution in [0.1, 0.15) is 92.9 Å². The zero-order valence-electron chi connectivity index (χ0n) is 56.9. The van der Waals surface area contributed by atoms with E-state index in [9.17, 15) is 9.59 Å². The van der Waals surface area contributed by atoms with E-state index in [1.54, 1.807) is 4.90 Å². The van der Waals surface area contributed by atoms with Crippen LogP contribution in [0.15, 0.2) is 110 Å². The van der Waals surface area contributed by atoms with Crippen molar-refractivity contribution in [3.8, 4) is 34.0 Å². The number of carbonyl (C=O) groups excluding carboxylic acids is 2. The van der Waals surface area contributed by atoms with Gasteiger partial charge in [0.1, 0.15) is 23.4 Å². The summed E-state index contributed by atoms with van der Waals surface area (Å²) in [5.41, 5.74) is 8.34. The third-order valence-corrected chi connectivity index (χ3v) is 19.4. The average Bonchev–Trinajstić information content (AvgIpc) is 1.63. The number of rotatable bonds is 15. The molecular weight excluding hydrogens is 1220 g/mol. The molecule has 14 rings (SSSR count). The van der Waals surface area contributed by atoms with Crippen LogP contribution in [0.2, 0.25) is 0 Å². The number of benzene rings is 2. The number of fused-ring (bicyclic) bond motifs is 6. The minimum absolute atomic E-state index is 0.162. The Morgan fingerprint density at radius 3 is 1.28 bits per heavy atom. The fourth-order valence-corrected chi connectivity index (χ4v) is 13.8. The molecule has 0 spiro atoms. The number of amides is 2. The minimum atomic E-state index is -0.446. The van der Waals surface area contributed by atoms with Gasteiger partial charge in [0.25, 0.3) is 0 Å². The lowest BCUT2D eigenvalue weighted by Crippen LogP contribution is -2.52. The summed E-state index contributed by atoms with van der Waals surface area (Å²) in [4.78, 5) is 52.7. The van der Waals surface area contributed by atoms with E-state index < -0.39 is 11.2 Å². The van der Waals surface area contributed by atoms with Crippen LogP contribution in [0.5, 0.6) is 11.8 Å². The van der Waals surface area contributed by atoms with Gasteiger partial charge in [0.05, 0.1) is 35.4 Å². The van der Waals surface area contributed by atoms with E-state index in [2.05, 4.69) is 124 Å². The van der Waals surface area contributed by atoms with E-state index in [1.165, 1.54) is 43.6 Å². The Balaban J connectivity index is 0.000000154. The number of aromatic nitrogens is 6. The van der Waals surface area contributed by atoms with E-state index in [0.29, 0.717) is 36.0 Å². The molecule has 2 aliphatic carbocycles. The van der Waals surface area contributed by atoms with Gasteiger partial charge < -0.3 is 57.6 Å². The summed E-state index contributed by atoms with van der Waals surface area (Å²) < 4.78 is 40.2. The van der Waals surface area contributed by atoms with E-state index in [1.807, 2.05) is 95.8 Å². The van der Waals surface area contributed by atoms with Gasteiger partial charge in [0, 0.05) is 224 Å². The van der Waals surface area contributed by atoms with Gasteiger partial charge in [-0.3, -0.25) is 19.8 Å². The molecule has 6 aliphatic rings. The van der Waals surface area contributed by atoms with E-state index >= 15 is 0 Å². The molecule has 21 heteroatoms.